The van der Waals surface area contributed by atoms with Gasteiger partial charge in [-0.25, -0.2) is 37.9 Å². The molecule has 0 spiro atoms. The van der Waals surface area contributed by atoms with E-state index in [1.807, 2.05) is 186 Å². The fourth-order valence-corrected chi connectivity index (χ4v) is 17.3. The molecule has 8 aromatic carbocycles. The Hall–Kier alpha value is -14.6. The zero-order valence-electron chi connectivity index (χ0n) is 83.1. The zero-order chi connectivity index (χ0) is 99.0. The number of aryl methyl sites for hydroxylation is 1. The smallest absolute Gasteiger partial charge is 0.332 e. The van der Waals surface area contributed by atoms with Gasteiger partial charge in [0.2, 0.25) is 0 Å². The summed E-state index contributed by atoms with van der Waals surface area (Å²) in [5, 5.41) is 41.5. The van der Waals surface area contributed by atoms with Gasteiger partial charge in [-0.2, -0.15) is 20.4 Å². The minimum absolute atomic E-state index is 0.217. The van der Waals surface area contributed by atoms with Crippen LogP contribution in [0.25, 0.3) is 44.1 Å². The Morgan fingerprint density at radius 2 is 0.547 bits per heavy atom. The second-order valence-corrected chi connectivity index (χ2v) is 38.6. The lowest BCUT2D eigenvalue weighted by atomic mass is 10.1. The molecular weight excluding hydrogens is 1750 g/mol. The number of benzene rings is 8. The molecule has 0 saturated carbocycles. The van der Waals surface area contributed by atoms with Crippen molar-refractivity contribution in [3.8, 4) is 0 Å². The van der Waals surface area contributed by atoms with Crippen molar-refractivity contribution in [2.75, 3.05) is 40.9 Å². The van der Waals surface area contributed by atoms with Crippen LogP contribution in [-0.4, -0.2) is 106 Å². The van der Waals surface area contributed by atoms with Gasteiger partial charge in [-0.15, -0.1) is 0 Å². The number of fused-ring (bicyclic) bond motifs is 4. The molecule has 16 aromatic rings. The van der Waals surface area contributed by atoms with Gasteiger partial charge in [0.15, 0.2) is 22.6 Å². The average Bonchev–Trinajstić information content (AvgIpc) is 1.61. The maximum atomic E-state index is 13.4. The number of hydrogen-bond acceptors (Lipinski definition) is 19. The standard InChI is InChI=1S/C28H34N6O2.C28H36N6O2.C27H34N6O2.C25H29N5O2/c1-20(2)17-33-26-24(27(35)31(3)28(33)36)25(29-23-12-5-4-6-13-23)34(30-26)19-22-11-9-10-21(16-22)18-32-14-7-8-15-32;1-19(2)15-29-16-21-10-9-11-22(14-21)18-34-25(30-23-12-7-6-8-13-23)24-26(31-34)33(17-20(3)4)28(36)32(5)27(24)35;1-18(2)16-32-25-23(26(34)31(5)27(32)35)24(29-22-12-7-6-8-13-22)33(30-25)17-21-11-9-10-20(14-21)15-28-19(3)4;1-5-18-10-9-11-19(14-18)16-30-22(26-20-12-7-6-8-13-20)21-23(27-30)29(15-17(2)3)25(32)28(4)24(21)31/h4-6,9-13,16,20,29H,7-8,14-15,17-19H2,1-3H3;6-14,19-20,29-30H,15-18H2,1-5H3;6-14,18-19,28-29H,15-17H2,1-5H3;6-14,17,26H,5,15-16H2,1-4H3. The summed E-state index contributed by atoms with van der Waals surface area (Å²) in [6.07, 6.45) is 3.47. The van der Waals surface area contributed by atoms with Gasteiger partial charge in [0.1, 0.15) is 44.8 Å². The van der Waals surface area contributed by atoms with Gasteiger partial charge in [-0.1, -0.05) is 260 Å². The highest BCUT2D eigenvalue weighted by Gasteiger charge is 2.29. The highest BCUT2D eigenvalue weighted by Crippen LogP contribution is 2.32. The van der Waals surface area contributed by atoms with E-state index in [0.717, 1.165) is 90.7 Å². The number of nitrogens with one attached hydrogen (secondary N) is 6. The minimum atomic E-state index is -0.357. The van der Waals surface area contributed by atoms with Gasteiger partial charge >= 0.3 is 22.8 Å². The van der Waals surface area contributed by atoms with Crippen molar-refractivity contribution in [2.24, 2.45) is 57.8 Å². The van der Waals surface area contributed by atoms with Gasteiger partial charge < -0.3 is 31.9 Å². The fourth-order valence-electron chi connectivity index (χ4n) is 17.3. The number of anilines is 8. The number of nitrogens with zero attached hydrogens (tertiary/aromatic N) is 17. The molecule has 17 rings (SSSR count). The molecule has 31 heteroatoms. The molecule has 6 N–H and O–H groups in total. The molecule has 31 nitrogen and oxygen atoms in total. The lowest BCUT2D eigenvalue weighted by Gasteiger charge is -2.15. The van der Waals surface area contributed by atoms with Crippen LogP contribution < -0.4 is 76.9 Å². The molecule has 1 saturated heterocycles. The molecule has 8 aromatic heterocycles. The van der Waals surface area contributed by atoms with E-state index in [2.05, 4.69) is 164 Å². The highest BCUT2D eigenvalue weighted by molar-refractivity contribution is 5.92. The molecule has 0 unspecified atom stereocenters. The molecule has 0 aliphatic carbocycles. The van der Waals surface area contributed by atoms with Crippen LogP contribution in [0.2, 0.25) is 0 Å². The summed E-state index contributed by atoms with van der Waals surface area (Å²) in [5.41, 5.74) is 11.4. The molecule has 9 heterocycles. The van der Waals surface area contributed by atoms with Crippen LogP contribution in [0.5, 0.6) is 0 Å². The molecule has 0 radical (unpaired) electrons. The normalized spacial score (nSPS) is 12.3. The van der Waals surface area contributed by atoms with Crippen molar-refractivity contribution in [1.29, 1.82) is 0 Å². The Kier molecular flexibility index (Phi) is 32.9. The summed E-state index contributed by atoms with van der Waals surface area (Å²) in [6, 6.07) is 72.8. The molecule has 0 atom stereocenters. The molecule has 139 heavy (non-hydrogen) atoms. The van der Waals surface area contributed by atoms with E-state index < -0.39 is 0 Å². The second kappa shape index (κ2) is 45.6. The van der Waals surface area contributed by atoms with Crippen molar-refractivity contribution < 1.29 is 0 Å². The summed E-state index contributed by atoms with van der Waals surface area (Å²) in [4.78, 5) is 108. The maximum absolute atomic E-state index is 13.4. The number of likely N-dealkylation sites (tertiary alicyclic amines) is 1. The summed E-state index contributed by atoms with van der Waals surface area (Å²) < 4.78 is 18.4. The third-order valence-corrected chi connectivity index (χ3v) is 24.1. The van der Waals surface area contributed by atoms with E-state index in [-0.39, 0.29) is 68.7 Å². The van der Waals surface area contributed by atoms with Gasteiger partial charge in [-0.05, 0) is 162 Å². The Bertz CT molecular complexity index is 7480. The average molecular weight is 1880 g/mol. The van der Waals surface area contributed by atoms with E-state index in [1.54, 1.807) is 32.3 Å². The third kappa shape index (κ3) is 24.3. The molecular formula is C108H133N23O8. The quantitative estimate of drug-likeness (QED) is 0.0218. The van der Waals surface area contributed by atoms with Crippen molar-refractivity contribution in [3.05, 3.63) is 346 Å². The van der Waals surface area contributed by atoms with Crippen molar-refractivity contribution in [3.63, 3.8) is 0 Å². The second-order valence-electron chi connectivity index (χ2n) is 38.6. The van der Waals surface area contributed by atoms with E-state index in [1.165, 1.54) is 81.6 Å². The lowest BCUT2D eigenvalue weighted by molar-refractivity contribution is 0.331. The number of aromatic nitrogens is 16. The Balaban J connectivity index is 0.000000148. The molecule has 0 amide bonds. The monoisotopic (exact) mass is 1880 g/mol. The first-order chi connectivity index (χ1) is 66.8. The summed E-state index contributed by atoms with van der Waals surface area (Å²) in [5.74, 6) is 3.82. The number of para-hydroxylation sites is 4. The molecule has 0 bridgehead atoms. The van der Waals surface area contributed by atoms with Crippen LogP contribution in [0.3, 0.4) is 0 Å². The predicted octanol–water partition coefficient (Wildman–Crippen LogP) is 15.8. The van der Waals surface area contributed by atoms with E-state index >= 15 is 0 Å². The van der Waals surface area contributed by atoms with Crippen LogP contribution in [0, 0.1) is 29.6 Å². The highest BCUT2D eigenvalue weighted by atomic mass is 16.2. The first kappa shape index (κ1) is 100. The molecule has 1 fully saturated rings. The van der Waals surface area contributed by atoms with Gasteiger partial charge in [0, 0.05) is 103 Å². The van der Waals surface area contributed by atoms with Crippen LogP contribution in [-0.2, 0) is 107 Å². The summed E-state index contributed by atoms with van der Waals surface area (Å²) in [6.45, 7) is 36.7. The van der Waals surface area contributed by atoms with Gasteiger partial charge in [0.25, 0.3) is 22.2 Å². The Morgan fingerprint density at radius 1 is 0.295 bits per heavy atom. The van der Waals surface area contributed by atoms with Crippen molar-refractivity contribution in [2.45, 2.75) is 187 Å². The molecule has 1 aliphatic rings. The zero-order valence-corrected chi connectivity index (χ0v) is 83.1. The van der Waals surface area contributed by atoms with Crippen LogP contribution in [0.4, 0.5) is 46.0 Å². The van der Waals surface area contributed by atoms with E-state index in [4.69, 9.17) is 20.4 Å². The van der Waals surface area contributed by atoms with E-state index in [0.29, 0.717) is 132 Å². The Labute approximate surface area is 809 Å². The van der Waals surface area contributed by atoms with E-state index in [9.17, 15) is 38.4 Å². The molecule has 728 valence electrons. The van der Waals surface area contributed by atoms with Crippen molar-refractivity contribution >= 4 is 90.2 Å². The largest absolute Gasteiger partial charge is 0.340 e. The fraction of sp³-hybridized carbons (Fsp3) is 0.370. The van der Waals surface area contributed by atoms with Crippen LogP contribution in [0.1, 0.15) is 147 Å². The van der Waals surface area contributed by atoms with Crippen molar-refractivity contribution in [1.82, 2.24) is 91.2 Å². The van der Waals surface area contributed by atoms with Gasteiger partial charge in [0.05, 0.1) is 26.2 Å². The van der Waals surface area contributed by atoms with Gasteiger partial charge in [-0.3, -0.25) is 60.6 Å². The Morgan fingerprint density at radius 3 is 0.813 bits per heavy atom. The maximum Gasteiger partial charge on any atom is 0.332 e. The number of hydrogen-bond donors (Lipinski definition) is 6. The lowest BCUT2D eigenvalue weighted by Crippen LogP contribution is -2.38. The third-order valence-electron chi connectivity index (χ3n) is 24.1. The number of rotatable bonds is 34. The first-order valence-electron chi connectivity index (χ1n) is 48.3. The van der Waals surface area contributed by atoms with Crippen LogP contribution in [0.15, 0.2) is 257 Å². The molecule has 1 aliphatic heterocycles. The summed E-state index contributed by atoms with van der Waals surface area (Å²) >= 11 is 0. The predicted molar refractivity (Wildman–Crippen MR) is 560 cm³/mol. The SMILES string of the molecule is CC(C)CNCc1cccc(Cn2nc3c(c2Nc2ccccc2)c(=O)n(C)c(=O)n3CC(C)C)c1.CC(C)Cn1c(=O)n(C)c(=O)c2c(Nc3ccccc3)n(Cc3cccc(CN4CCCC4)c3)nc21.CC(C)Cn1c(=O)n(C)c(=O)c2c(Nc3ccccc3)n(Cc3cccc(CNC(C)C)c3)nc21.CCc1cccc(Cn2nc3c(c2Nc2ccccc2)c(=O)n(C)c(=O)n3CC(C)C)c1. The first-order valence-corrected chi connectivity index (χ1v) is 48.3. The summed E-state index contributed by atoms with van der Waals surface area (Å²) in [7, 11) is 6.11. The topological polar surface area (TPSA) is 323 Å². The van der Waals surface area contributed by atoms with Crippen LogP contribution >= 0.6 is 0 Å². The minimum Gasteiger partial charge on any atom is -0.340 e.